The van der Waals surface area contributed by atoms with Gasteiger partial charge in [-0.3, -0.25) is 9.59 Å². The van der Waals surface area contributed by atoms with Gasteiger partial charge in [-0.2, -0.15) is 0 Å². The van der Waals surface area contributed by atoms with Gasteiger partial charge in [-0.1, -0.05) is 19.1 Å². The van der Waals surface area contributed by atoms with Crippen LogP contribution in [0.1, 0.15) is 30.6 Å². The number of carbonyl (C=O) groups is 2. The first-order chi connectivity index (χ1) is 8.54. The van der Waals surface area contributed by atoms with Gasteiger partial charge in [0.05, 0.1) is 12.1 Å². The molecule has 1 unspecified atom stereocenters. The number of halogens is 1. The number of amides is 2. The summed E-state index contributed by atoms with van der Waals surface area (Å²) in [5.74, 6) is -0.386. The minimum Gasteiger partial charge on any atom is -0.352 e. The predicted molar refractivity (Wildman–Crippen MR) is 79.4 cm³/mol. The van der Waals surface area contributed by atoms with Crippen molar-refractivity contribution in [3.8, 4) is 0 Å². The van der Waals surface area contributed by atoms with Crippen molar-refractivity contribution in [1.82, 2.24) is 10.6 Å². The lowest BCUT2D eigenvalue weighted by atomic mass is 10.2. The second-order valence-electron chi connectivity index (χ2n) is 4.04. The molecular formula is C13H17IN2O2. The van der Waals surface area contributed by atoms with Gasteiger partial charge in [-0.15, -0.1) is 0 Å². The third-order valence-corrected chi connectivity index (χ3v) is 3.49. The van der Waals surface area contributed by atoms with Crippen molar-refractivity contribution in [3.63, 3.8) is 0 Å². The number of hydrogen-bond donors (Lipinski definition) is 2. The molecule has 98 valence electrons. The lowest BCUT2D eigenvalue weighted by molar-refractivity contribution is -0.120. The molecule has 0 heterocycles. The first kappa shape index (κ1) is 14.9. The average molecular weight is 360 g/mol. The van der Waals surface area contributed by atoms with Crippen molar-refractivity contribution in [2.75, 3.05) is 6.54 Å². The summed E-state index contributed by atoms with van der Waals surface area (Å²) >= 11 is 2.10. The summed E-state index contributed by atoms with van der Waals surface area (Å²) in [5.41, 5.74) is 0.592. The van der Waals surface area contributed by atoms with E-state index in [1.54, 1.807) is 12.1 Å². The minimum atomic E-state index is -0.223. The quantitative estimate of drug-likeness (QED) is 0.789. The highest BCUT2D eigenvalue weighted by molar-refractivity contribution is 14.1. The van der Waals surface area contributed by atoms with Crippen LogP contribution in [0.3, 0.4) is 0 Å². The van der Waals surface area contributed by atoms with Crippen LogP contribution in [-0.2, 0) is 4.79 Å². The van der Waals surface area contributed by atoms with Crippen LogP contribution in [0.15, 0.2) is 24.3 Å². The van der Waals surface area contributed by atoms with Crippen LogP contribution in [0.2, 0.25) is 0 Å². The molecule has 4 nitrogen and oxygen atoms in total. The Morgan fingerprint density at radius 1 is 1.33 bits per heavy atom. The number of hydrogen-bond acceptors (Lipinski definition) is 2. The third kappa shape index (κ3) is 4.64. The molecule has 1 aromatic rings. The monoisotopic (exact) mass is 360 g/mol. The molecule has 0 aliphatic carbocycles. The first-order valence-electron chi connectivity index (χ1n) is 5.86. The molecule has 0 aliphatic heterocycles. The Bertz CT molecular complexity index is 435. The zero-order chi connectivity index (χ0) is 13.5. The maximum absolute atomic E-state index is 11.8. The summed E-state index contributed by atoms with van der Waals surface area (Å²) in [4.78, 5) is 23.3. The fourth-order valence-electron chi connectivity index (χ4n) is 1.33. The molecule has 0 fully saturated rings. The van der Waals surface area contributed by atoms with Crippen molar-refractivity contribution < 1.29 is 9.59 Å². The fourth-order valence-corrected chi connectivity index (χ4v) is 1.96. The van der Waals surface area contributed by atoms with Gasteiger partial charge in [-0.05, 0) is 48.1 Å². The van der Waals surface area contributed by atoms with Gasteiger partial charge >= 0.3 is 0 Å². The Kier molecular flexibility index (Phi) is 6.11. The third-order valence-electron chi connectivity index (χ3n) is 2.55. The van der Waals surface area contributed by atoms with Crippen molar-refractivity contribution >= 4 is 34.4 Å². The molecule has 0 aliphatic rings. The smallest absolute Gasteiger partial charge is 0.252 e. The molecule has 2 N–H and O–H groups in total. The first-order valence-corrected chi connectivity index (χ1v) is 6.94. The zero-order valence-corrected chi connectivity index (χ0v) is 12.7. The summed E-state index contributed by atoms with van der Waals surface area (Å²) in [7, 11) is 0. The highest BCUT2D eigenvalue weighted by Crippen LogP contribution is 2.10. The number of rotatable bonds is 5. The Hall–Kier alpha value is -1.11. The molecule has 5 heteroatoms. The molecule has 0 bridgehead atoms. The number of nitrogens with one attached hydrogen (secondary N) is 2. The average Bonchev–Trinajstić information content (AvgIpc) is 2.36. The molecule has 2 amide bonds. The minimum absolute atomic E-state index is 0.00808. The molecular weight excluding hydrogens is 343 g/mol. The predicted octanol–water partition coefficient (Wildman–Crippen LogP) is 1.94. The molecule has 18 heavy (non-hydrogen) atoms. The number of carbonyl (C=O) groups excluding carboxylic acids is 2. The van der Waals surface area contributed by atoms with E-state index in [1.165, 1.54) is 0 Å². The molecule has 0 saturated carbocycles. The summed E-state index contributed by atoms with van der Waals surface area (Å²) in [6.07, 6.45) is 0.871. The Labute approximate surface area is 121 Å². The van der Waals surface area contributed by atoms with Crippen LogP contribution in [-0.4, -0.2) is 24.4 Å². The van der Waals surface area contributed by atoms with Gasteiger partial charge in [0.2, 0.25) is 5.91 Å². The van der Waals surface area contributed by atoms with Crippen LogP contribution in [0.5, 0.6) is 0 Å². The van der Waals surface area contributed by atoms with Crippen LogP contribution in [0, 0.1) is 3.57 Å². The molecule has 1 aromatic carbocycles. The lowest BCUT2D eigenvalue weighted by Gasteiger charge is -2.12. The van der Waals surface area contributed by atoms with Crippen molar-refractivity contribution in [1.29, 1.82) is 0 Å². The lowest BCUT2D eigenvalue weighted by Crippen LogP contribution is -2.40. The van der Waals surface area contributed by atoms with Crippen molar-refractivity contribution in [2.45, 2.75) is 26.3 Å². The summed E-state index contributed by atoms with van der Waals surface area (Å²) in [6, 6.07) is 7.40. The van der Waals surface area contributed by atoms with E-state index in [2.05, 4.69) is 33.2 Å². The van der Waals surface area contributed by atoms with E-state index in [9.17, 15) is 9.59 Å². The van der Waals surface area contributed by atoms with Gasteiger partial charge in [0.25, 0.3) is 5.91 Å². The van der Waals surface area contributed by atoms with Crippen molar-refractivity contribution in [3.05, 3.63) is 33.4 Å². The maximum Gasteiger partial charge on any atom is 0.252 e. The van der Waals surface area contributed by atoms with Crippen LogP contribution in [0.25, 0.3) is 0 Å². The Morgan fingerprint density at radius 2 is 2.00 bits per heavy atom. The van der Waals surface area contributed by atoms with E-state index >= 15 is 0 Å². The van der Waals surface area contributed by atoms with Crippen LogP contribution in [0.4, 0.5) is 0 Å². The van der Waals surface area contributed by atoms with E-state index in [0.717, 1.165) is 9.99 Å². The molecule has 0 aromatic heterocycles. The van der Waals surface area contributed by atoms with Gasteiger partial charge in [0.15, 0.2) is 0 Å². The normalized spacial score (nSPS) is 11.7. The Morgan fingerprint density at radius 3 is 2.61 bits per heavy atom. The van der Waals surface area contributed by atoms with Crippen molar-refractivity contribution in [2.24, 2.45) is 0 Å². The van der Waals surface area contributed by atoms with Crippen LogP contribution >= 0.6 is 22.6 Å². The molecule has 0 saturated heterocycles. The van der Waals surface area contributed by atoms with Gasteiger partial charge in [-0.25, -0.2) is 0 Å². The van der Waals surface area contributed by atoms with E-state index in [0.29, 0.717) is 5.56 Å². The highest BCUT2D eigenvalue weighted by atomic mass is 127. The molecule has 0 radical (unpaired) electrons. The summed E-state index contributed by atoms with van der Waals surface area (Å²) in [6.45, 7) is 3.93. The molecule has 0 spiro atoms. The van der Waals surface area contributed by atoms with Gasteiger partial charge in [0.1, 0.15) is 0 Å². The van der Waals surface area contributed by atoms with Gasteiger partial charge < -0.3 is 10.6 Å². The Balaban J connectivity index is 2.47. The number of benzene rings is 1. The zero-order valence-electron chi connectivity index (χ0n) is 10.5. The van der Waals surface area contributed by atoms with E-state index in [1.807, 2.05) is 26.0 Å². The van der Waals surface area contributed by atoms with E-state index in [-0.39, 0.29) is 24.4 Å². The van der Waals surface area contributed by atoms with Crippen LogP contribution < -0.4 is 10.6 Å². The largest absolute Gasteiger partial charge is 0.352 e. The SMILES string of the molecule is CCC(C)NC(=O)CNC(=O)c1ccccc1I. The molecule has 1 atom stereocenters. The second-order valence-corrected chi connectivity index (χ2v) is 5.20. The maximum atomic E-state index is 11.8. The standard InChI is InChI=1S/C13H17IN2O2/c1-3-9(2)16-12(17)8-15-13(18)10-6-4-5-7-11(10)14/h4-7,9H,3,8H2,1-2H3,(H,15,18)(H,16,17). The van der Waals surface area contributed by atoms with E-state index < -0.39 is 0 Å². The topological polar surface area (TPSA) is 58.2 Å². The van der Waals surface area contributed by atoms with E-state index in [4.69, 9.17) is 0 Å². The summed E-state index contributed by atoms with van der Waals surface area (Å²) in [5, 5.41) is 5.41. The summed E-state index contributed by atoms with van der Waals surface area (Å²) < 4.78 is 0.870. The van der Waals surface area contributed by atoms with Gasteiger partial charge in [0, 0.05) is 9.61 Å². The molecule has 1 rings (SSSR count). The highest BCUT2D eigenvalue weighted by Gasteiger charge is 2.11. The fraction of sp³-hybridized carbons (Fsp3) is 0.385. The second kappa shape index (κ2) is 7.35.